The molecule has 1 aromatic rings. The molecule has 3 rings (SSSR count). The molecule has 1 aliphatic heterocycles. The van der Waals surface area contributed by atoms with Gasteiger partial charge < -0.3 is 4.74 Å². The fourth-order valence-electron chi connectivity index (χ4n) is 3.30. The van der Waals surface area contributed by atoms with E-state index in [4.69, 9.17) is 16.3 Å². The standard InChI is InChI=1S/C14H18ClN3O2/c1-20-13(19)9-2-3-11(6-9)18-5-4-12-10(8-18)7-16-14(15)17-12/h7,9,11H,2-6,8H2,1H3. The summed E-state index contributed by atoms with van der Waals surface area (Å²) < 4.78 is 4.85. The number of hydrogen-bond donors (Lipinski definition) is 0. The molecule has 5 nitrogen and oxygen atoms in total. The third-order valence-electron chi connectivity index (χ3n) is 4.39. The van der Waals surface area contributed by atoms with E-state index in [0.29, 0.717) is 11.3 Å². The van der Waals surface area contributed by atoms with Gasteiger partial charge in [-0.3, -0.25) is 9.69 Å². The molecule has 0 N–H and O–H groups in total. The van der Waals surface area contributed by atoms with Crippen molar-refractivity contribution in [2.24, 2.45) is 5.92 Å². The van der Waals surface area contributed by atoms with Crippen LogP contribution in [0.2, 0.25) is 5.28 Å². The van der Waals surface area contributed by atoms with Gasteiger partial charge in [0.25, 0.3) is 0 Å². The number of rotatable bonds is 2. The van der Waals surface area contributed by atoms with Crippen LogP contribution in [0.15, 0.2) is 6.20 Å². The van der Waals surface area contributed by atoms with Crippen molar-refractivity contribution in [3.8, 4) is 0 Å². The summed E-state index contributed by atoms with van der Waals surface area (Å²) in [6.45, 7) is 1.82. The maximum absolute atomic E-state index is 11.6. The Hall–Kier alpha value is -1.20. The minimum absolute atomic E-state index is 0.0628. The molecule has 1 aliphatic carbocycles. The van der Waals surface area contributed by atoms with Gasteiger partial charge in [-0.25, -0.2) is 9.97 Å². The van der Waals surface area contributed by atoms with Crippen molar-refractivity contribution in [1.82, 2.24) is 14.9 Å². The first-order valence-electron chi connectivity index (χ1n) is 6.99. The van der Waals surface area contributed by atoms with Crippen molar-refractivity contribution in [2.45, 2.75) is 38.3 Å². The molecule has 1 aromatic heterocycles. The van der Waals surface area contributed by atoms with Crippen LogP contribution in [0.25, 0.3) is 0 Å². The number of methoxy groups -OCH3 is 1. The van der Waals surface area contributed by atoms with Crippen LogP contribution >= 0.6 is 11.6 Å². The summed E-state index contributed by atoms with van der Waals surface area (Å²) >= 11 is 5.82. The summed E-state index contributed by atoms with van der Waals surface area (Å²) in [5, 5.41) is 0.323. The van der Waals surface area contributed by atoms with E-state index < -0.39 is 0 Å². The summed E-state index contributed by atoms with van der Waals surface area (Å²) in [4.78, 5) is 22.4. The largest absolute Gasteiger partial charge is 0.469 e. The molecule has 2 atom stereocenters. The van der Waals surface area contributed by atoms with E-state index in [2.05, 4.69) is 14.9 Å². The number of nitrogens with zero attached hydrogens (tertiary/aromatic N) is 3. The molecular formula is C14H18ClN3O2. The molecule has 2 unspecified atom stereocenters. The van der Waals surface area contributed by atoms with Crippen LogP contribution < -0.4 is 0 Å². The van der Waals surface area contributed by atoms with Gasteiger partial charge in [-0.1, -0.05) is 0 Å². The van der Waals surface area contributed by atoms with Gasteiger partial charge in [0.05, 0.1) is 18.7 Å². The van der Waals surface area contributed by atoms with Crippen molar-refractivity contribution in [2.75, 3.05) is 13.7 Å². The molecule has 0 aromatic carbocycles. The van der Waals surface area contributed by atoms with Crippen LogP contribution in [0, 0.1) is 5.92 Å². The first-order valence-corrected chi connectivity index (χ1v) is 7.37. The third-order valence-corrected chi connectivity index (χ3v) is 4.57. The molecule has 0 bridgehead atoms. The molecule has 20 heavy (non-hydrogen) atoms. The van der Waals surface area contributed by atoms with Crippen LogP contribution in [0.4, 0.5) is 0 Å². The zero-order valence-electron chi connectivity index (χ0n) is 11.5. The van der Waals surface area contributed by atoms with Gasteiger partial charge in [-0.05, 0) is 30.9 Å². The molecule has 108 valence electrons. The Morgan fingerprint density at radius 1 is 1.50 bits per heavy atom. The lowest BCUT2D eigenvalue weighted by Gasteiger charge is -2.33. The number of halogens is 1. The van der Waals surface area contributed by atoms with Crippen molar-refractivity contribution in [3.05, 3.63) is 22.7 Å². The van der Waals surface area contributed by atoms with Gasteiger partial charge >= 0.3 is 5.97 Å². The number of hydrogen-bond acceptors (Lipinski definition) is 5. The average molecular weight is 296 g/mol. The summed E-state index contributed by atoms with van der Waals surface area (Å²) in [7, 11) is 1.47. The second-order valence-electron chi connectivity index (χ2n) is 5.52. The average Bonchev–Trinajstić information content (AvgIpc) is 2.95. The summed E-state index contributed by atoms with van der Waals surface area (Å²) in [5.74, 6) is -0.00658. The van der Waals surface area contributed by atoms with E-state index in [9.17, 15) is 4.79 Å². The molecular weight excluding hydrogens is 278 g/mol. The number of aromatic nitrogens is 2. The molecule has 6 heteroatoms. The zero-order valence-corrected chi connectivity index (χ0v) is 12.3. The highest BCUT2D eigenvalue weighted by Gasteiger charge is 2.35. The number of esters is 1. The second-order valence-corrected chi connectivity index (χ2v) is 5.86. The van der Waals surface area contributed by atoms with Crippen LogP contribution in [0.3, 0.4) is 0 Å². The van der Waals surface area contributed by atoms with E-state index >= 15 is 0 Å². The summed E-state index contributed by atoms with van der Waals surface area (Å²) in [5.41, 5.74) is 2.21. The third kappa shape index (κ3) is 2.65. The maximum atomic E-state index is 11.6. The lowest BCUT2D eigenvalue weighted by atomic mass is 10.0. The normalized spacial score (nSPS) is 26.3. The topological polar surface area (TPSA) is 55.3 Å². The zero-order chi connectivity index (χ0) is 14.1. The van der Waals surface area contributed by atoms with Crippen molar-refractivity contribution >= 4 is 17.6 Å². The van der Waals surface area contributed by atoms with Gasteiger partial charge in [0.2, 0.25) is 5.28 Å². The SMILES string of the molecule is COC(=O)C1CCC(N2CCc3nc(Cl)ncc3C2)C1. The van der Waals surface area contributed by atoms with E-state index in [1.54, 1.807) is 0 Å². The molecule has 0 amide bonds. The Labute approximate surface area is 123 Å². The number of carbonyl (C=O) groups is 1. The van der Waals surface area contributed by atoms with E-state index in [-0.39, 0.29) is 11.9 Å². The lowest BCUT2D eigenvalue weighted by molar-refractivity contribution is -0.145. The first kappa shape index (κ1) is 13.8. The Bertz CT molecular complexity index is 523. The molecule has 0 saturated heterocycles. The number of ether oxygens (including phenoxy) is 1. The van der Waals surface area contributed by atoms with Gasteiger partial charge in [0.1, 0.15) is 0 Å². The molecule has 0 radical (unpaired) electrons. The van der Waals surface area contributed by atoms with Crippen LogP contribution in [0.5, 0.6) is 0 Å². The first-order chi connectivity index (χ1) is 9.67. The van der Waals surface area contributed by atoms with E-state index in [0.717, 1.165) is 50.0 Å². The lowest BCUT2D eigenvalue weighted by Crippen LogP contribution is -2.38. The highest BCUT2D eigenvalue weighted by atomic mass is 35.5. The number of carbonyl (C=O) groups excluding carboxylic acids is 1. The van der Waals surface area contributed by atoms with Crippen molar-refractivity contribution in [3.63, 3.8) is 0 Å². The van der Waals surface area contributed by atoms with Crippen LogP contribution in [0.1, 0.15) is 30.5 Å². The predicted molar refractivity (Wildman–Crippen MR) is 74.3 cm³/mol. The maximum Gasteiger partial charge on any atom is 0.308 e. The minimum Gasteiger partial charge on any atom is -0.469 e. The fourth-order valence-corrected chi connectivity index (χ4v) is 3.45. The fraction of sp³-hybridized carbons (Fsp3) is 0.643. The summed E-state index contributed by atoms with van der Waals surface area (Å²) in [6.07, 6.45) is 5.61. The number of fused-ring (bicyclic) bond motifs is 1. The van der Waals surface area contributed by atoms with E-state index in [1.807, 2.05) is 6.20 Å². The van der Waals surface area contributed by atoms with Crippen LogP contribution in [-0.2, 0) is 22.5 Å². The Balaban J connectivity index is 1.66. The summed E-state index contributed by atoms with van der Waals surface area (Å²) in [6, 6.07) is 0.461. The molecule has 2 heterocycles. The Kier molecular flexibility index (Phi) is 3.89. The highest BCUT2D eigenvalue weighted by Crippen LogP contribution is 2.32. The minimum atomic E-state index is -0.0694. The predicted octanol–water partition coefficient (Wildman–Crippen LogP) is 1.83. The molecule has 2 aliphatic rings. The molecule has 1 saturated carbocycles. The van der Waals surface area contributed by atoms with Gasteiger partial charge in [0.15, 0.2) is 0 Å². The second kappa shape index (κ2) is 5.66. The van der Waals surface area contributed by atoms with Gasteiger partial charge in [-0.15, -0.1) is 0 Å². The van der Waals surface area contributed by atoms with Crippen molar-refractivity contribution in [1.29, 1.82) is 0 Å². The quantitative estimate of drug-likeness (QED) is 0.615. The van der Waals surface area contributed by atoms with Crippen LogP contribution in [-0.4, -0.2) is 40.5 Å². The van der Waals surface area contributed by atoms with E-state index in [1.165, 1.54) is 7.11 Å². The Morgan fingerprint density at radius 3 is 3.15 bits per heavy atom. The molecule has 0 spiro atoms. The monoisotopic (exact) mass is 295 g/mol. The van der Waals surface area contributed by atoms with Gasteiger partial charge in [0, 0.05) is 37.3 Å². The highest BCUT2D eigenvalue weighted by molar-refractivity contribution is 6.28. The molecule has 1 fully saturated rings. The van der Waals surface area contributed by atoms with Gasteiger partial charge in [-0.2, -0.15) is 0 Å². The smallest absolute Gasteiger partial charge is 0.308 e. The van der Waals surface area contributed by atoms with Crippen molar-refractivity contribution < 1.29 is 9.53 Å². The Morgan fingerprint density at radius 2 is 2.35 bits per heavy atom.